The fourth-order valence-electron chi connectivity index (χ4n) is 4.55. The van der Waals surface area contributed by atoms with Gasteiger partial charge in [0.2, 0.25) is 5.91 Å². The number of likely N-dealkylation sites (tertiary alicyclic amines) is 1. The first-order chi connectivity index (χ1) is 14.4. The van der Waals surface area contributed by atoms with Crippen molar-refractivity contribution in [3.05, 3.63) is 45.5 Å². The van der Waals surface area contributed by atoms with Gasteiger partial charge in [-0.2, -0.15) is 5.10 Å². The van der Waals surface area contributed by atoms with Crippen LogP contribution in [0.4, 0.5) is 5.69 Å². The standard InChI is InChI=1S/C20H23N7O3/c1-12(2)18(29)26-7-4-20(26)3-6-25(11-20)15-9-14(24-27-8-5-21-16(15)27)13-10-22-19(30)23-17(13)28/h5,8-10,12H,3-4,6-7,11H2,1-2H3,(H2,22,23,28,30). The second kappa shape index (κ2) is 6.54. The lowest BCUT2D eigenvalue weighted by atomic mass is 9.82. The van der Waals surface area contributed by atoms with Gasteiger partial charge in [0, 0.05) is 44.1 Å². The fourth-order valence-corrected chi connectivity index (χ4v) is 4.55. The second-order valence-corrected chi connectivity index (χ2v) is 8.39. The summed E-state index contributed by atoms with van der Waals surface area (Å²) in [6, 6.07) is 1.83. The number of hydrogen-bond acceptors (Lipinski definition) is 6. The van der Waals surface area contributed by atoms with Crippen LogP contribution in [-0.2, 0) is 4.79 Å². The van der Waals surface area contributed by atoms with Gasteiger partial charge in [-0.3, -0.25) is 14.6 Å². The van der Waals surface area contributed by atoms with E-state index in [1.54, 1.807) is 16.9 Å². The summed E-state index contributed by atoms with van der Waals surface area (Å²) in [7, 11) is 0. The lowest BCUT2D eigenvalue weighted by Gasteiger charge is -2.51. The summed E-state index contributed by atoms with van der Waals surface area (Å²) in [6.45, 7) is 6.19. The summed E-state index contributed by atoms with van der Waals surface area (Å²) < 4.78 is 1.64. The highest BCUT2D eigenvalue weighted by Gasteiger charge is 2.51. The molecule has 0 bridgehead atoms. The van der Waals surface area contributed by atoms with E-state index in [4.69, 9.17) is 0 Å². The van der Waals surface area contributed by atoms with E-state index >= 15 is 0 Å². The minimum Gasteiger partial charge on any atom is -0.366 e. The summed E-state index contributed by atoms with van der Waals surface area (Å²) in [5.41, 5.74) is 1.08. The number of aromatic nitrogens is 5. The smallest absolute Gasteiger partial charge is 0.325 e. The van der Waals surface area contributed by atoms with Gasteiger partial charge in [-0.15, -0.1) is 0 Å². The Labute approximate surface area is 171 Å². The van der Waals surface area contributed by atoms with Crippen molar-refractivity contribution in [2.75, 3.05) is 24.5 Å². The molecular formula is C20H23N7O3. The van der Waals surface area contributed by atoms with Crippen LogP contribution in [-0.4, -0.2) is 60.5 Å². The molecule has 0 radical (unpaired) electrons. The topological polar surface area (TPSA) is 119 Å². The van der Waals surface area contributed by atoms with Gasteiger partial charge < -0.3 is 14.8 Å². The van der Waals surface area contributed by atoms with Crippen molar-refractivity contribution in [1.82, 2.24) is 29.5 Å². The molecule has 1 unspecified atom stereocenters. The molecule has 5 heterocycles. The normalized spacial score (nSPS) is 21.0. The molecule has 1 spiro atoms. The van der Waals surface area contributed by atoms with Crippen molar-refractivity contribution in [1.29, 1.82) is 0 Å². The quantitative estimate of drug-likeness (QED) is 0.654. The predicted octanol–water partition coefficient (Wildman–Crippen LogP) is 0.610. The first kappa shape index (κ1) is 18.6. The Balaban J connectivity index is 1.54. The zero-order valence-electron chi connectivity index (χ0n) is 16.9. The van der Waals surface area contributed by atoms with Crippen molar-refractivity contribution in [2.24, 2.45) is 5.92 Å². The highest BCUT2D eigenvalue weighted by molar-refractivity contribution is 5.81. The molecule has 5 rings (SSSR count). The average molecular weight is 409 g/mol. The molecule has 2 aliphatic rings. The Hall–Kier alpha value is -3.43. The Morgan fingerprint density at radius 3 is 2.73 bits per heavy atom. The molecule has 3 aromatic heterocycles. The van der Waals surface area contributed by atoms with Crippen molar-refractivity contribution >= 4 is 17.2 Å². The van der Waals surface area contributed by atoms with E-state index in [1.807, 2.05) is 24.8 Å². The number of carbonyl (C=O) groups is 1. The Kier molecular flexibility index (Phi) is 4.05. The third kappa shape index (κ3) is 2.74. The van der Waals surface area contributed by atoms with Gasteiger partial charge in [0.15, 0.2) is 5.65 Å². The zero-order valence-corrected chi connectivity index (χ0v) is 16.9. The monoisotopic (exact) mass is 409 g/mol. The first-order valence-electron chi connectivity index (χ1n) is 10.1. The first-order valence-corrected chi connectivity index (χ1v) is 10.1. The number of amides is 1. The summed E-state index contributed by atoms with van der Waals surface area (Å²) >= 11 is 0. The number of imidazole rings is 1. The van der Waals surface area contributed by atoms with Crippen molar-refractivity contribution in [3.63, 3.8) is 0 Å². The number of nitrogens with zero attached hydrogens (tertiary/aromatic N) is 5. The molecule has 0 aromatic carbocycles. The molecular weight excluding hydrogens is 386 g/mol. The molecule has 3 aromatic rings. The molecule has 2 N–H and O–H groups in total. The van der Waals surface area contributed by atoms with E-state index in [2.05, 4.69) is 25.0 Å². The molecule has 0 saturated carbocycles. The average Bonchev–Trinajstić information content (AvgIpc) is 3.34. The lowest BCUT2D eigenvalue weighted by molar-refractivity contribution is -0.149. The number of anilines is 1. The second-order valence-electron chi connectivity index (χ2n) is 8.39. The molecule has 1 amide bonds. The van der Waals surface area contributed by atoms with Crippen LogP contribution in [0, 0.1) is 5.92 Å². The van der Waals surface area contributed by atoms with E-state index in [-0.39, 0.29) is 22.9 Å². The minimum absolute atomic E-state index is 0.0188. The van der Waals surface area contributed by atoms with E-state index in [0.717, 1.165) is 38.2 Å². The number of aromatic amines is 2. The number of nitrogens with one attached hydrogen (secondary N) is 2. The molecule has 156 valence electrons. The third-order valence-electron chi connectivity index (χ3n) is 6.24. The van der Waals surface area contributed by atoms with Crippen LogP contribution in [0.1, 0.15) is 26.7 Å². The number of H-pyrrole nitrogens is 2. The molecule has 0 aliphatic carbocycles. The number of rotatable bonds is 3. The Morgan fingerprint density at radius 2 is 2.03 bits per heavy atom. The maximum Gasteiger partial charge on any atom is 0.325 e. The van der Waals surface area contributed by atoms with Crippen LogP contribution in [0.2, 0.25) is 0 Å². The van der Waals surface area contributed by atoms with Crippen molar-refractivity contribution < 1.29 is 4.79 Å². The zero-order chi connectivity index (χ0) is 21.0. The Bertz CT molecular complexity index is 1260. The van der Waals surface area contributed by atoms with Gasteiger partial charge in [-0.1, -0.05) is 13.8 Å². The van der Waals surface area contributed by atoms with Gasteiger partial charge >= 0.3 is 5.69 Å². The summed E-state index contributed by atoms with van der Waals surface area (Å²) in [4.78, 5) is 49.7. The van der Waals surface area contributed by atoms with E-state index in [9.17, 15) is 14.4 Å². The maximum atomic E-state index is 12.6. The van der Waals surface area contributed by atoms with Crippen LogP contribution < -0.4 is 16.1 Å². The van der Waals surface area contributed by atoms with Gasteiger partial charge in [0.05, 0.1) is 16.8 Å². The highest BCUT2D eigenvalue weighted by atomic mass is 16.2. The number of fused-ring (bicyclic) bond motifs is 1. The van der Waals surface area contributed by atoms with Gasteiger partial charge in [0.25, 0.3) is 5.56 Å². The fraction of sp³-hybridized carbons (Fsp3) is 0.450. The number of hydrogen-bond donors (Lipinski definition) is 2. The van der Waals surface area contributed by atoms with Crippen LogP contribution in [0.3, 0.4) is 0 Å². The van der Waals surface area contributed by atoms with Crippen LogP contribution in [0.15, 0.2) is 34.2 Å². The predicted molar refractivity (Wildman–Crippen MR) is 110 cm³/mol. The summed E-state index contributed by atoms with van der Waals surface area (Å²) in [6.07, 6.45) is 6.65. The molecule has 10 nitrogen and oxygen atoms in total. The molecule has 10 heteroatoms. The van der Waals surface area contributed by atoms with Crippen molar-refractivity contribution in [3.8, 4) is 11.3 Å². The van der Waals surface area contributed by atoms with E-state index < -0.39 is 11.2 Å². The lowest BCUT2D eigenvalue weighted by Crippen LogP contribution is -2.64. The van der Waals surface area contributed by atoms with Crippen LogP contribution in [0.25, 0.3) is 16.9 Å². The SMILES string of the molecule is CC(C)C(=O)N1CCC12CCN(c1cc(-c3c[nH]c(=O)[nH]c3=O)nn3ccnc13)C2. The highest BCUT2D eigenvalue weighted by Crippen LogP contribution is 2.42. The summed E-state index contributed by atoms with van der Waals surface area (Å²) in [5.74, 6) is 0.180. The maximum absolute atomic E-state index is 12.6. The largest absolute Gasteiger partial charge is 0.366 e. The molecule has 2 aliphatic heterocycles. The Morgan fingerprint density at radius 1 is 1.23 bits per heavy atom. The minimum atomic E-state index is -0.561. The number of carbonyl (C=O) groups excluding carboxylic acids is 1. The molecule has 1 atom stereocenters. The molecule has 2 saturated heterocycles. The third-order valence-corrected chi connectivity index (χ3v) is 6.24. The van der Waals surface area contributed by atoms with Gasteiger partial charge in [-0.05, 0) is 18.9 Å². The van der Waals surface area contributed by atoms with E-state index in [0.29, 0.717) is 11.3 Å². The van der Waals surface area contributed by atoms with Crippen LogP contribution >= 0.6 is 0 Å². The van der Waals surface area contributed by atoms with Crippen LogP contribution in [0.5, 0.6) is 0 Å². The van der Waals surface area contributed by atoms with E-state index in [1.165, 1.54) is 6.20 Å². The van der Waals surface area contributed by atoms with Crippen molar-refractivity contribution in [2.45, 2.75) is 32.2 Å². The molecule has 2 fully saturated rings. The molecule has 30 heavy (non-hydrogen) atoms. The van der Waals surface area contributed by atoms with Gasteiger partial charge in [0.1, 0.15) is 5.69 Å². The van der Waals surface area contributed by atoms with Gasteiger partial charge in [-0.25, -0.2) is 14.3 Å². The summed E-state index contributed by atoms with van der Waals surface area (Å²) in [5, 5.41) is 4.49.